The molecule has 2 fully saturated rings. The lowest BCUT2D eigenvalue weighted by Gasteiger charge is -2.43. The number of piperazine rings is 1. The van der Waals surface area contributed by atoms with Gasteiger partial charge in [0, 0.05) is 18.3 Å². The first-order valence-corrected chi connectivity index (χ1v) is 12.3. The van der Waals surface area contributed by atoms with Crippen molar-refractivity contribution in [2.45, 2.75) is 18.5 Å². The number of rotatable bonds is 7. The van der Waals surface area contributed by atoms with Crippen LogP contribution in [0.3, 0.4) is 0 Å². The number of carbonyl (C=O) groups excluding carboxylic acids is 1. The Hall–Kier alpha value is -2.78. The van der Waals surface area contributed by atoms with Gasteiger partial charge >= 0.3 is 0 Å². The summed E-state index contributed by atoms with van der Waals surface area (Å²) in [7, 11) is 1.55. The number of fused-ring (bicyclic) bond motifs is 1. The van der Waals surface area contributed by atoms with Crippen LogP contribution in [0.15, 0.2) is 42.5 Å². The van der Waals surface area contributed by atoms with E-state index in [4.69, 9.17) is 14.2 Å². The zero-order valence-electron chi connectivity index (χ0n) is 18.5. The van der Waals surface area contributed by atoms with Gasteiger partial charge in [0.2, 0.25) is 5.91 Å². The summed E-state index contributed by atoms with van der Waals surface area (Å²) in [6.45, 7) is 0.706. The van der Waals surface area contributed by atoms with E-state index in [2.05, 4.69) is 0 Å². The van der Waals surface area contributed by atoms with Crippen molar-refractivity contribution in [1.29, 1.82) is 0 Å². The van der Waals surface area contributed by atoms with E-state index >= 15 is 0 Å². The minimum Gasteiger partial charge on any atom is -0.497 e. The minimum atomic E-state index is -3.25. The third-order valence-corrected chi connectivity index (χ3v) is 7.91. The second-order valence-electron chi connectivity index (χ2n) is 8.07. The quantitative estimate of drug-likeness (QED) is 0.623. The Morgan fingerprint density at radius 1 is 0.906 bits per heavy atom. The fraction of sp³-hybridized carbons (Fsp3) is 0.435. The summed E-state index contributed by atoms with van der Waals surface area (Å²) >= 11 is 0. The maximum absolute atomic E-state index is 13.2. The van der Waals surface area contributed by atoms with Gasteiger partial charge in [0.05, 0.1) is 45.4 Å². The summed E-state index contributed by atoms with van der Waals surface area (Å²) in [5.74, 6) is 2.06. The predicted molar refractivity (Wildman–Crippen MR) is 122 cm³/mol. The highest BCUT2D eigenvalue weighted by atomic mass is 32.2. The van der Waals surface area contributed by atoms with Gasteiger partial charge in [-0.25, -0.2) is 8.42 Å². The molecule has 2 aromatic carbocycles. The Labute approximate surface area is 188 Å². The van der Waals surface area contributed by atoms with Gasteiger partial charge in [-0.15, -0.1) is 0 Å². The molecule has 2 atom stereocenters. The first kappa shape index (κ1) is 22.4. The topological polar surface area (TPSA) is 85.4 Å². The molecule has 172 valence electrons. The monoisotopic (exact) mass is 460 g/mol. The van der Waals surface area contributed by atoms with Gasteiger partial charge < -0.3 is 19.1 Å². The maximum atomic E-state index is 13.2. The van der Waals surface area contributed by atoms with Crippen LogP contribution < -0.4 is 19.1 Å². The fourth-order valence-electron chi connectivity index (χ4n) is 4.62. The molecule has 0 aromatic heterocycles. The average Bonchev–Trinajstić information content (AvgIpc) is 3.12. The summed E-state index contributed by atoms with van der Waals surface area (Å²) in [5, 5.41) is 0. The van der Waals surface area contributed by atoms with Crippen LogP contribution in [0.25, 0.3) is 0 Å². The van der Waals surface area contributed by atoms with Crippen LogP contribution in [-0.4, -0.2) is 77.2 Å². The molecule has 0 saturated carbocycles. The number of sulfone groups is 1. The van der Waals surface area contributed by atoms with Crippen molar-refractivity contribution in [2.75, 3.05) is 50.8 Å². The third-order valence-electron chi connectivity index (χ3n) is 6.21. The summed E-state index contributed by atoms with van der Waals surface area (Å²) < 4.78 is 41.1. The Morgan fingerprint density at radius 2 is 1.56 bits per heavy atom. The van der Waals surface area contributed by atoms with Crippen molar-refractivity contribution in [3.8, 4) is 17.2 Å². The zero-order valence-corrected chi connectivity index (χ0v) is 19.3. The number of nitrogens with zero attached hydrogens (tertiary/aromatic N) is 2. The molecule has 2 saturated heterocycles. The highest BCUT2D eigenvalue weighted by molar-refractivity contribution is 7.91. The molecule has 2 unspecified atom stereocenters. The van der Waals surface area contributed by atoms with Gasteiger partial charge in [0.15, 0.2) is 9.84 Å². The number of hydrogen-bond acceptors (Lipinski definition) is 7. The molecule has 8 nitrogen and oxygen atoms in total. The molecule has 2 aromatic rings. The van der Waals surface area contributed by atoms with Gasteiger partial charge in [0.1, 0.15) is 17.2 Å². The van der Waals surface area contributed by atoms with Crippen LogP contribution in [-0.2, 0) is 21.1 Å². The average molecular weight is 461 g/mol. The number of amides is 1. The fourth-order valence-corrected chi connectivity index (χ4v) is 6.60. The molecular weight excluding hydrogens is 432 g/mol. The van der Waals surface area contributed by atoms with Gasteiger partial charge in [-0.05, 0) is 54.4 Å². The van der Waals surface area contributed by atoms with E-state index in [1.54, 1.807) is 50.5 Å². The zero-order chi connectivity index (χ0) is 22.9. The molecule has 0 N–H and O–H groups in total. The Morgan fingerprint density at radius 3 is 2.22 bits per heavy atom. The SMILES string of the molecule is COc1ccc(N2C(=O)CN(CCc3cc(OC)ccc3OC)C3CS(=O)(=O)CC32)cc1. The van der Waals surface area contributed by atoms with Crippen LogP contribution in [0, 0.1) is 0 Å². The Bertz CT molecular complexity index is 1090. The van der Waals surface area contributed by atoms with E-state index in [1.807, 2.05) is 23.1 Å². The van der Waals surface area contributed by atoms with Crippen molar-refractivity contribution in [3.05, 3.63) is 48.0 Å². The lowest BCUT2D eigenvalue weighted by molar-refractivity contribution is -0.123. The first-order chi connectivity index (χ1) is 15.3. The number of benzene rings is 2. The summed E-state index contributed by atoms with van der Waals surface area (Å²) in [5.41, 5.74) is 1.64. The smallest absolute Gasteiger partial charge is 0.241 e. The number of hydrogen-bond donors (Lipinski definition) is 0. The molecule has 0 bridgehead atoms. The molecule has 2 heterocycles. The molecule has 0 radical (unpaired) electrons. The Kier molecular flexibility index (Phi) is 6.30. The molecule has 2 aliphatic heterocycles. The third kappa shape index (κ3) is 4.40. The molecule has 9 heteroatoms. The van der Waals surface area contributed by atoms with E-state index in [9.17, 15) is 13.2 Å². The second-order valence-corrected chi connectivity index (χ2v) is 10.2. The van der Waals surface area contributed by atoms with E-state index in [0.29, 0.717) is 24.4 Å². The van der Waals surface area contributed by atoms with Gasteiger partial charge in [-0.3, -0.25) is 9.69 Å². The summed E-state index contributed by atoms with van der Waals surface area (Å²) in [4.78, 5) is 16.8. The van der Waals surface area contributed by atoms with Crippen LogP contribution in [0.5, 0.6) is 17.2 Å². The van der Waals surface area contributed by atoms with Crippen molar-refractivity contribution < 1.29 is 27.4 Å². The Balaban J connectivity index is 1.57. The van der Waals surface area contributed by atoms with E-state index < -0.39 is 15.9 Å². The highest BCUT2D eigenvalue weighted by Crippen LogP contribution is 2.33. The van der Waals surface area contributed by atoms with Crippen molar-refractivity contribution in [3.63, 3.8) is 0 Å². The van der Waals surface area contributed by atoms with Crippen molar-refractivity contribution in [1.82, 2.24) is 4.90 Å². The predicted octanol–water partition coefficient (Wildman–Crippen LogP) is 1.77. The molecule has 32 heavy (non-hydrogen) atoms. The van der Waals surface area contributed by atoms with Crippen LogP contribution in [0.1, 0.15) is 5.56 Å². The van der Waals surface area contributed by atoms with Crippen molar-refractivity contribution >= 4 is 21.4 Å². The highest BCUT2D eigenvalue weighted by Gasteiger charge is 2.49. The largest absolute Gasteiger partial charge is 0.497 e. The van der Waals surface area contributed by atoms with Gasteiger partial charge in [-0.1, -0.05) is 0 Å². The molecular formula is C23H28N2O6S. The maximum Gasteiger partial charge on any atom is 0.241 e. The summed E-state index contributed by atoms with van der Waals surface area (Å²) in [6.07, 6.45) is 0.611. The van der Waals surface area contributed by atoms with E-state index in [1.165, 1.54) is 0 Å². The van der Waals surface area contributed by atoms with Gasteiger partial charge in [0.25, 0.3) is 0 Å². The van der Waals surface area contributed by atoms with Gasteiger partial charge in [-0.2, -0.15) is 0 Å². The van der Waals surface area contributed by atoms with Crippen LogP contribution in [0.4, 0.5) is 5.69 Å². The summed E-state index contributed by atoms with van der Waals surface area (Å²) in [6, 6.07) is 12.1. The lowest BCUT2D eigenvalue weighted by atomic mass is 10.0. The minimum absolute atomic E-state index is 0.0333. The first-order valence-electron chi connectivity index (χ1n) is 10.5. The van der Waals surface area contributed by atoms with E-state index in [-0.39, 0.29) is 30.0 Å². The van der Waals surface area contributed by atoms with Crippen LogP contribution >= 0.6 is 0 Å². The van der Waals surface area contributed by atoms with Crippen molar-refractivity contribution in [2.24, 2.45) is 0 Å². The number of carbonyl (C=O) groups is 1. The molecule has 0 spiro atoms. The normalized spacial score (nSPS) is 22.5. The lowest BCUT2D eigenvalue weighted by Crippen LogP contribution is -2.62. The molecule has 4 rings (SSSR count). The molecule has 2 aliphatic rings. The standard InChI is InChI=1S/C23H28N2O6S/c1-29-18-6-4-17(5-7-18)25-21-15-32(27,28)14-20(21)24(13-23(25)26)11-10-16-12-19(30-2)8-9-22(16)31-3/h4-9,12,20-21H,10-11,13-15H2,1-3H3. The number of methoxy groups -OCH3 is 3. The molecule has 1 amide bonds. The van der Waals surface area contributed by atoms with Crippen LogP contribution in [0.2, 0.25) is 0 Å². The second kappa shape index (κ2) is 8.99. The molecule has 0 aliphatic carbocycles. The number of anilines is 1. The number of ether oxygens (including phenoxy) is 3. The van der Waals surface area contributed by atoms with E-state index in [0.717, 1.165) is 17.1 Å².